The molecule has 1 atom stereocenters. The maximum Gasteiger partial charge on any atom is 0.228 e. The lowest BCUT2D eigenvalue weighted by molar-refractivity contribution is -0.121. The van der Waals surface area contributed by atoms with E-state index >= 15 is 0 Å². The lowest BCUT2D eigenvalue weighted by Gasteiger charge is -2.32. The molecule has 2 aromatic carbocycles. The number of nitrogens with one attached hydrogen (secondary N) is 2. The first-order valence-corrected chi connectivity index (χ1v) is 9.65. The van der Waals surface area contributed by atoms with E-state index in [4.69, 9.17) is 0 Å². The van der Waals surface area contributed by atoms with Crippen molar-refractivity contribution >= 4 is 11.6 Å². The predicted octanol–water partition coefficient (Wildman–Crippen LogP) is 4.21. The van der Waals surface area contributed by atoms with Gasteiger partial charge < -0.3 is 5.32 Å². The van der Waals surface area contributed by atoms with E-state index in [2.05, 4.69) is 15.5 Å². The Balaban J connectivity index is 1.36. The molecule has 2 heterocycles. The molecule has 7 heteroatoms. The first kappa shape index (κ1) is 19.3. The van der Waals surface area contributed by atoms with Gasteiger partial charge >= 0.3 is 0 Å². The molecule has 1 saturated heterocycles. The summed E-state index contributed by atoms with van der Waals surface area (Å²) in [5.41, 5.74) is 2.95. The minimum atomic E-state index is -0.453. The van der Waals surface area contributed by atoms with E-state index in [0.29, 0.717) is 18.7 Å². The Morgan fingerprint density at radius 3 is 2.76 bits per heavy atom. The summed E-state index contributed by atoms with van der Waals surface area (Å²) in [7, 11) is 0. The highest BCUT2D eigenvalue weighted by Gasteiger charge is 2.26. The third-order valence-electron chi connectivity index (χ3n) is 5.24. The van der Waals surface area contributed by atoms with Crippen LogP contribution in [0.1, 0.15) is 18.4 Å². The number of piperidine rings is 1. The molecule has 2 N–H and O–H groups in total. The molecular weight excluding hydrogens is 374 g/mol. The summed E-state index contributed by atoms with van der Waals surface area (Å²) in [6, 6.07) is 12.9. The number of hydrogen-bond donors (Lipinski definition) is 2. The second-order valence-corrected chi connectivity index (χ2v) is 7.35. The van der Waals surface area contributed by atoms with Crippen molar-refractivity contribution in [2.45, 2.75) is 19.4 Å². The van der Waals surface area contributed by atoms with Crippen molar-refractivity contribution in [3.63, 3.8) is 0 Å². The fraction of sp³-hybridized carbons (Fsp3) is 0.273. The highest BCUT2D eigenvalue weighted by atomic mass is 19.1. The van der Waals surface area contributed by atoms with Crippen molar-refractivity contribution in [3.05, 3.63) is 71.9 Å². The number of nitrogens with zero attached hydrogens (tertiary/aromatic N) is 2. The van der Waals surface area contributed by atoms with Crippen molar-refractivity contribution in [1.82, 2.24) is 15.1 Å². The quantitative estimate of drug-likeness (QED) is 0.679. The summed E-state index contributed by atoms with van der Waals surface area (Å²) in [5.74, 6) is -1.11. The molecular formula is C22H22F2N4O. The van der Waals surface area contributed by atoms with E-state index in [9.17, 15) is 13.6 Å². The number of hydrogen-bond acceptors (Lipinski definition) is 3. The summed E-state index contributed by atoms with van der Waals surface area (Å²) in [5, 5.41) is 9.80. The fourth-order valence-electron chi connectivity index (χ4n) is 3.71. The van der Waals surface area contributed by atoms with Crippen LogP contribution in [0.2, 0.25) is 0 Å². The van der Waals surface area contributed by atoms with Gasteiger partial charge in [0.05, 0.1) is 11.6 Å². The summed E-state index contributed by atoms with van der Waals surface area (Å²) < 4.78 is 27.3. The van der Waals surface area contributed by atoms with E-state index < -0.39 is 11.6 Å². The molecule has 3 aromatic rings. The van der Waals surface area contributed by atoms with Gasteiger partial charge in [0.15, 0.2) is 0 Å². The zero-order valence-corrected chi connectivity index (χ0v) is 15.9. The summed E-state index contributed by atoms with van der Waals surface area (Å²) in [6.45, 7) is 1.58. The Kier molecular flexibility index (Phi) is 5.67. The molecule has 1 fully saturated rings. The maximum absolute atomic E-state index is 13.9. The highest BCUT2D eigenvalue weighted by Crippen LogP contribution is 2.23. The monoisotopic (exact) mass is 396 g/mol. The molecule has 1 aliphatic heterocycles. The molecule has 0 unspecified atom stereocenters. The van der Waals surface area contributed by atoms with Gasteiger partial charge in [0, 0.05) is 30.5 Å². The number of amides is 1. The third kappa shape index (κ3) is 4.68. The molecule has 29 heavy (non-hydrogen) atoms. The number of H-pyrrole nitrogens is 1. The molecule has 1 aliphatic rings. The van der Waals surface area contributed by atoms with Crippen molar-refractivity contribution < 1.29 is 13.6 Å². The molecule has 0 saturated carbocycles. The summed E-state index contributed by atoms with van der Waals surface area (Å²) in [6.07, 6.45) is 3.31. The van der Waals surface area contributed by atoms with Crippen LogP contribution in [0.5, 0.6) is 0 Å². The van der Waals surface area contributed by atoms with Crippen LogP contribution in [0.4, 0.5) is 14.5 Å². The van der Waals surface area contributed by atoms with Gasteiger partial charge in [0.2, 0.25) is 5.91 Å². The molecule has 1 amide bonds. The van der Waals surface area contributed by atoms with Crippen LogP contribution in [0.15, 0.2) is 54.7 Å². The molecule has 150 valence electrons. The Morgan fingerprint density at radius 2 is 2.00 bits per heavy atom. The molecule has 4 rings (SSSR count). The topological polar surface area (TPSA) is 61.0 Å². The van der Waals surface area contributed by atoms with Crippen molar-refractivity contribution in [3.8, 4) is 11.3 Å². The van der Waals surface area contributed by atoms with Gasteiger partial charge in [-0.05, 0) is 61.3 Å². The maximum atomic E-state index is 13.9. The predicted molar refractivity (Wildman–Crippen MR) is 107 cm³/mol. The van der Waals surface area contributed by atoms with Crippen molar-refractivity contribution in [2.75, 3.05) is 18.4 Å². The lowest BCUT2D eigenvalue weighted by atomic mass is 9.96. The third-order valence-corrected chi connectivity index (χ3v) is 5.24. The largest absolute Gasteiger partial charge is 0.326 e. The van der Waals surface area contributed by atoms with Crippen LogP contribution in [0.3, 0.4) is 0 Å². The number of carbonyl (C=O) groups is 1. The van der Waals surface area contributed by atoms with Crippen molar-refractivity contribution in [2.24, 2.45) is 5.92 Å². The molecule has 0 aliphatic carbocycles. The van der Waals surface area contributed by atoms with Crippen LogP contribution >= 0.6 is 0 Å². The minimum absolute atomic E-state index is 0.0521. The molecule has 0 bridgehead atoms. The van der Waals surface area contributed by atoms with Crippen LogP contribution in [-0.4, -0.2) is 34.1 Å². The number of anilines is 1. The zero-order chi connectivity index (χ0) is 20.2. The highest BCUT2D eigenvalue weighted by molar-refractivity contribution is 5.93. The van der Waals surface area contributed by atoms with Gasteiger partial charge in [0.25, 0.3) is 0 Å². The Hall–Kier alpha value is -3.06. The van der Waals surface area contributed by atoms with Gasteiger partial charge in [-0.25, -0.2) is 8.78 Å². The van der Waals surface area contributed by atoms with Crippen LogP contribution in [0, 0.1) is 17.6 Å². The standard InChI is InChI=1S/C22H22F2N4O/c23-18-5-8-20(24)17(12-18)14-28-11-1-2-16(13-28)22(29)26-19-6-3-15(4-7-19)21-9-10-25-27-21/h3-10,12,16H,1-2,11,13-14H2,(H,25,27)(H,26,29)/t16-/m0/s1. The Labute approximate surface area is 167 Å². The van der Waals surface area contributed by atoms with Gasteiger partial charge in [-0.1, -0.05) is 12.1 Å². The van der Waals surface area contributed by atoms with Crippen LogP contribution in [0.25, 0.3) is 11.3 Å². The minimum Gasteiger partial charge on any atom is -0.326 e. The second-order valence-electron chi connectivity index (χ2n) is 7.35. The Morgan fingerprint density at radius 1 is 1.17 bits per heavy atom. The van der Waals surface area contributed by atoms with Gasteiger partial charge in [-0.2, -0.15) is 5.10 Å². The summed E-state index contributed by atoms with van der Waals surface area (Å²) >= 11 is 0. The van der Waals surface area contributed by atoms with Gasteiger partial charge in [0.1, 0.15) is 11.6 Å². The van der Waals surface area contributed by atoms with Gasteiger partial charge in [-0.15, -0.1) is 0 Å². The average molecular weight is 396 g/mol. The molecule has 1 aromatic heterocycles. The fourth-order valence-corrected chi connectivity index (χ4v) is 3.71. The van der Waals surface area contributed by atoms with Crippen molar-refractivity contribution in [1.29, 1.82) is 0 Å². The zero-order valence-electron chi connectivity index (χ0n) is 15.9. The van der Waals surface area contributed by atoms with E-state index in [1.165, 1.54) is 6.07 Å². The van der Waals surface area contributed by atoms with Crippen LogP contribution < -0.4 is 5.32 Å². The molecule has 0 spiro atoms. The molecule has 5 nitrogen and oxygen atoms in total. The van der Waals surface area contributed by atoms with E-state index in [1.54, 1.807) is 6.20 Å². The van der Waals surface area contributed by atoms with E-state index in [-0.39, 0.29) is 11.8 Å². The van der Waals surface area contributed by atoms with Crippen LogP contribution in [-0.2, 0) is 11.3 Å². The first-order chi connectivity index (χ1) is 14.1. The van der Waals surface area contributed by atoms with Gasteiger partial charge in [-0.3, -0.25) is 14.8 Å². The number of carbonyl (C=O) groups excluding carboxylic acids is 1. The Bertz CT molecular complexity index is 973. The van der Waals surface area contributed by atoms with E-state index in [1.807, 2.05) is 35.2 Å². The second kappa shape index (κ2) is 8.53. The smallest absolute Gasteiger partial charge is 0.228 e. The number of likely N-dealkylation sites (tertiary alicyclic amines) is 1. The first-order valence-electron chi connectivity index (χ1n) is 9.65. The summed E-state index contributed by atoms with van der Waals surface area (Å²) in [4.78, 5) is 14.7. The lowest BCUT2D eigenvalue weighted by Crippen LogP contribution is -2.40. The number of halogens is 2. The number of rotatable bonds is 5. The number of aromatic nitrogens is 2. The number of aromatic amines is 1. The average Bonchev–Trinajstić information content (AvgIpc) is 3.26. The van der Waals surface area contributed by atoms with E-state index in [0.717, 1.165) is 48.5 Å². The SMILES string of the molecule is O=C(Nc1ccc(-c2ccn[nH]2)cc1)[C@H]1CCCN(Cc2cc(F)ccc2F)C1. The normalized spacial score (nSPS) is 17.2. The molecule has 0 radical (unpaired) electrons. The number of benzene rings is 2.